The molecule has 7 heteroatoms. The predicted molar refractivity (Wildman–Crippen MR) is 105 cm³/mol. The Morgan fingerprint density at radius 3 is 2.63 bits per heavy atom. The van der Waals surface area contributed by atoms with Crippen LogP contribution in [-0.4, -0.2) is 20.9 Å². The monoisotopic (exact) mass is 409 g/mol. The number of sulfone groups is 1. The van der Waals surface area contributed by atoms with Crippen molar-refractivity contribution in [1.29, 1.82) is 0 Å². The van der Waals surface area contributed by atoms with E-state index in [1.807, 2.05) is 5.38 Å². The second-order valence-electron chi connectivity index (χ2n) is 7.04. The molecule has 1 amide bonds. The molecule has 1 aromatic heterocycles. The number of carbonyl (C=O) groups is 1. The minimum Gasteiger partial charge on any atom is -0.354 e. The highest BCUT2D eigenvalue weighted by molar-refractivity contribution is 7.91. The van der Waals surface area contributed by atoms with Gasteiger partial charge in [0.15, 0.2) is 9.84 Å². The molecule has 1 aliphatic carbocycles. The van der Waals surface area contributed by atoms with E-state index in [0.717, 1.165) is 32.1 Å². The Kier molecular flexibility index (Phi) is 6.32. The largest absolute Gasteiger partial charge is 0.354 e. The van der Waals surface area contributed by atoms with Gasteiger partial charge in [0.1, 0.15) is 11.1 Å². The Morgan fingerprint density at radius 2 is 2.00 bits per heavy atom. The summed E-state index contributed by atoms with van der Waals surface area (Å²) >= 11 is 1.34. The molecular formula is C20H24FNO3S2. The van der Waals surface area contributed by atoms with E-state index in [4.69, 9.17) is 0 Å². The molecular weight excluding hydrogens is 385 g/mol. The van der Waals surface area contributed by atoms with Crippen molar-refractivity contribution in [3.05, 3.63) is 52.0 Å². The molecule has 0 aliphatic heterocycles. The molecule has 1 atom stereocenters. The van der Waals surface area contributed by atoms with Crippen LogP contribution < -0.4 is 5.32 Å². The first kappa shape index (κ1) is 20.0. The molecule has 1 aromatic carbocycles. The molecule has 146 valence electrons. The number of amides is 1. The Labute approximate surface area is 163 Å². The van der Waals surface area contributed by atoms with Crippen molar-refractivity contribution in [2.75, 3.05) is 6.54 Å². The van der Waals surface area contributed by atoms with Crippen molar-refractivity contribution >= 4 is 27.1 Å². The molecule has 0 unspecified atom stereocenters. The highest BCUT2D eigenvalue weighted by Gasteiger charge is 2.32. The van der Waals surface area contributed by atoms with Crippen LogP contribution in [0.2, 0.25) is 0 Å². The maximum absolute atomic E-state index is 13.6. The predicted octanol–water partition coefficient (Wildman–Crippen LogP) is 4.41. The van der Waals surface area contributed by atoms with Crippen molar-refractivity contribution in [2.45, 2.75) is 49.2 Å². The van der Waals surface area contributed by atoms with Gasteiger partial charge in [0.05, 0.1) is 4.90 Å². The van der Waals surface area contributed by atoms with E-state index in [9.17, 15) is 17.6 Å². The van der Waals surface area contributed by atoms with Gasteiger partial charge in [-0.2, -0.15) is 0 Å². The number of hydrogen-bond donors (Lipinski definition) is 1. The molecule has 1 N–H and O–H groups in total. The lowest BCUT2D eigenvalue weighted by molar-refractivity contribution is -0.125. The van der Waals surface area contributed by atoms with Crippen LogP contribution in [0.4, 0.5) is 4.39 Å². The normalized spacial score (nSPS) is 16.8. The van der Waals surface area contributed by atoms with Gasteiger partial charge in [-0.15, -0.1) is 11.3 Å². The maximum atomic E-state index is 13.6. The zero-order valence-electron chi connectivity index (χ0n) is 15.3. The van der Waals surface area contributed by atoms with E-state index < -0.39 is 20.9 Å². The Hall–Kier alpha value is -1.73. The van der Waals surface area contributed by atoms with E-state index in [1.54, 1.807) is 19.1 Å². The Balaban J connectivity index is 1.83. The van der Waals surface area contributed by atoms with Crippen LogP contribution in [0.25, 0.3) is 0 Å². The van der Waals surface area contributed by atoms with Crippen molar-refractivity contribution in [3.63, 3.8) is 0 Å². The lowest BCUT2D eigenvalue weighted by atomic mass is 9.89. The minimum atomic E-state index is -3.76. The van der Waals surface area contributed by atoms with E-state index in [1.165, 1.54) is 29.5 Å². The average Bonchev–Trinajstić information content (AvgIpc) is 3.18. The number of carbonyl (C=O) groups excluding carboxylic acids is 1. The lowest BCUT2D eigenvalue weighted by Gasteiger charge is -2.23. The van der Waals surface area contributed by atoms with Crippen molar-refractivity contribution in [3.8, 4) is 0 Å². The second-order valence-corrected chi connectivity index (χ2v) is 10.1. The molecule has 3 rings (SSSR count). The summed E-state index contributed by atoms with van der Waals surface area (Å²) in [4.78, 5) is 13.2. The first-order valence-electron chi connectivity index (χ1n) is 9.21. The average molecular weight is 410 g/mol. The molecule has 0 saturated heterocycles. The minimum absolute atomic E-state index is 0.0224. The number of rotatable bonds is 6. The van der Waals surface area contributed by atoms with Gasteiger partial charge in [0.2, 0.25) is 5.91 Å². The van der Waals surface area contributed by atoms with Gasteiger partial charge in [-0.25, -0.2) is 12.8 Å². The highest BCUT2D eigenvalue weighted by atomic mass is 32.2. The summed E-state index contributed by atoms with van der Waals surface area (Å²) in [5, 5.41) is 3.79. The molecule has 1 saturated carbocycles. The quantitative estimate of drug-likeness (QED) is 0.719. The number of hydrogen-bond acceptors (Lipinski definition) is 4. The molecule has 27 heavy (non-hydrogen) atoms. The molecule has 0 spiro atoms. The first-order valence-corrected chi connectivity index (χ1v) is 11.6. The van der Waals surface area contributed by atoms with Gasteiger partial charge in [-0.05, 0) is 55.0 Å². The van der Waals surface area contributed by atoms with Gasteiger partial charge < -0.3 is 5.32 Å². The van der Waals surface area contributed by atoms with E-state index in [0.29, 0.717) is 4.88 Å². The molecule has 1 heterocycles. The van der Waals surface area contributed by atoms with Crippen LogP contribution in [-0.2, 0) is 14.6 Å². The number of aryl methyl sites for hydroxylation is 1. The van der Waals surface area contributed by atoms with Gasteiger partial charge in [0, 0.05) is 17.3 Å². The third kappa shape index (κ3) is 4.58. The standard InChI is InChI=1S/C20H24FNO3S2/c1-14-12-16(9-10-17(14)21)27(24,25)19(18-8-5-11-26-18)13-22-20(23)15-6-3-2-4-7-15/h5,8-12,15,19H,2-4,6-7,13H2,1H3,(H,22,23)/t19-/m1/s1. The SMILES string of the molecule is Cc1cc(S(=O)(=O)[C@H](CNC(=O)C2CCCCC2)c2cccs2)ccc1F. The fourth-order valence-electron chi connectivity index (χ4n) is 3.50. The topological polar surface area (TPSA) is 63.2 Å². The number of halogens is 1. The second kappa shape index (κ2) is 8.52. The first-order chi connectivity index (χ1) is 12.9. The van der Waals surface area contributed by atoms with Crippen molar-refractivity contribution < 1.29 is 17.6 Å². The Morgan fingerprint density at radius 1 is 1.26 bits per heavy atom. The fourth-order valence-corrected chi connectivity index (χ4v) is 6.37. The van der Waals surface area contributed by atoms with Gasteiger partial charge in [0.25, 0.3) is 0 Å². The summed E-state index contributed by atoms with van der Waals surface area (Å²) in [7, 11) is -3.76. The van der Waals surface area contributed by atoms with Crippen LogP contribution in [0.3, 0.4) is 0 Å². The van der Waals surface area contributed by atoms with Crippen LogP contribution in [0, 0.1) is 18.7 Å². The van der Waals surface area contributed by atoms with Gasteiger partial charge in [-0.1, -0.05) is 25.3 Å². The smallest absolute Gasteiger partial charge is 0.223 e. The van der Waals surface area contributed by atoms with Crippen LogP contribution >= 0.6 is 11.3 Å². The van der Waals surface area contributed by atoms with Crippen molar-refractivity contribution in [2.24, 2.45) is 5.92 Å². The zero-order chi connectivity index (χ0) is 19.4. The summed E-state index contributed by atoms with van der Waals surface area (Å²) in [5.74, 6) is -0.535. The third-order valence-electron chi connectivity index (χ3n) is 5.13. The van der Waals surface area contributed by atoms with Gasteiger partial charge in [-0.3, -0.25) is 4.79 Å². The van der Waals surface area contributed by atoms with E-state index >= 15 is 0 Å². The fraction of sp³-hybridized carbons (Fsp3) is 0.450. The van der Waals surface area contributed by atoms with Crippen LogP contribution in [0.1, 0.15) is 47.8 Å². The molecule has 0 bridgehead atoms. The molecule has 4 nitrogen and oxygen atoms in total. The summed E-state index contributed by atoms with van der Waals surface area (Å²) < 4.78 is 40.0. The molecule has 1 aliphatic rings. The van der Waals surface area contributed by atoms with E-state index in [-0.39, 0.29) is 28.8 Å². The molecule has 1 fully saturated rings. The summed E-state index contributed by atoms with van der Waals surface area (Å²) in [6, 6.07) is 7.38. The molecule has 0 radical (unpaired) electrons. The van der Waals surface area contributed by atoms with E-state index in [2.05, 4.69) is 5.32 Å². The highest BCUT2D eigenvalue weighted by Crippen LogP contribution is 2.32. The number of benzene rings is 1. The number of nitrogens with one attached hydrogen (secondary N) is 1. The third-order valence-corrected chi connectivity index (χ3v) is 8.35. The van der Waals surface area contributed by atoms with Gasteiger partial charge >= 0.3 is 0 Å². The van der Waals surface area contributed by atoms with Crippen LogP contribution in [0.15, 0.2) is 40.6 Å². The zero-order valence-corrected chi connectivity index (χ0v) is 16.9. The lowest BCUT2D eigenvalue weighted by Crippen LogP contribution is -2.36. The molecule has 2 aromatic rings. The Bertz CT molecular complexity index is 888. The summed E-state index contributed by atoms with van der Waals surface area (Å²) in [6.45, 7) is 1.56. The maximum Gasteiger partial charge on any atom is 0.223 e. The summed E-state index contributed by atoms with van der Waals surface area (Å²) in [6.07, 6.45) is 4.96. The summed E-state index contributed by atoms with van der Waals surface area (Å²) in [5.41, 5.74) is 0.284. The van der Waals surface area contributed by atoms with Crippen molar-refractivity contribution in [1.82, 2.24) is 5.32 Å². The number of thiophene rings is 1. The van der Waals surface area contributed by atoms with Crippen LogP contribution in [0.5, 0.6) is 0 Å².